The molecule has 0 spiro atoms. The Morgan fingerprint density at radius 3 is 2.27 bits per heavy atom. The second-order valence-corrected chi connectivity index (χ2v) is 7.30. The van der Waals surface area contributed by atoms with Gasteiger partial charge in [0.2, 0.25) is 17.8 Å². The summed E-state index contributed by atoms with van der Waals surface area (Å²) in [5, 5.41) is 0. The van der Waals surface area contributed by atoms with Gasteiger partial charge in [0.15, 0.2) is 0 Å². The van der Waals surface area contributed by atoms with Crippen LogP contribution >= 0.6 is 0 Å². The number of hydrogen-bond acceptors (Lipinski definition) is 8. The van der Waals surface area contributed by atoms with Crippen LogP contribution in [0.1, 0.15) is 25.1 Å². The highest BCUT2D eigenvalue weighted by molar-refractivity contribution is 5.78. The van der Waals surface area contributed by atoms with Gasteiger partial charge in [-0.3, -0.25) is 14.6 Å². The predicted octanol–water partition coefficient (Wildman–Crippen LogP) is -0.350. The molecule has 2 N–H and O–H groups in total. The Morgan fingerprint density at radius 2 is 1.62 bits per heavy atom. The number of amides is 1. The van der Waals surface area contributed by atoms with Crippen molar-refractivity contribution in [2.24, 2.45) is 0 Å². The van der Waals surface area contributed by atoms with Crippen molar-refractivity contribution in [2.45, 2.75) is 25.8 Å². The van der Waals surface area contributed by atoms with E-state index in [9.17, 15) is 4.79 Å². The van der Waals surface area contributed by atoms with E-state index < -0.39 is 0 Å². The Bertz CT molecular complexity index is 609. The number of carbonyl (C=O) groups excluding carboxylic acids is 1. The van der Waals surface area contributed by atoms with E-state index in [4.69, 9.17) is 5.73 Å². The summed E-state index contributed by atoms with van der Waals surface area (Å²) in [6, 6.07) is 0. The number of nitrogens with zero attached hydrogens (tertiary/aromatic N) is 7. The van der Waals surface area contributed by atoms with Crippen LogP contribution in [0, 0.1) is 0 Å². The quantitative estimate of drug-likeness (QED) is 0.760. The number of anilines is 2. The zero-order valence-corrected chi connectivity index (χ0v) is 15.9. The normalized spacial score (nSPS) is 19.5. The van der Waals surface area contributed by atoms with Crippen LogP contribution in [0.25, 0.3) is 0 Å². The highest BCUT2D eigenvalue weighted by Gasteiger charge is 2.23. The van der Waals surface area contributed by atoms with Gasteiger partial charge < -0.3 is 15.5 Å². The van der Waals surface area contributed by atoms with E-state index in [0.29, 0.717) is 24.9 Å². The number of piperazine rings is 1. The number of nitrogen functional groups attached to an aromatic ring is 1. The largest absolute Gasteiger partial charge is 0.368 e. The zero-order valence-electron chi connectivity index (χ0n) is 15.9. The van der Waals surface area contributed by atoms with Gasteiger partial charge in [-0.2, -0.15) is 15.0 Å². The number of likely N-dealkylation sites (tertiary alicyclic amines) is 1. The number of hydrogen-bond donors (Lipinski definition) is 1. The maximum atomic E-state index is 12.4. The summed E-state index contributed by atoms with van der Waals surface area (Å²) in [6.45, 7) is 6.62. The van der Waals surface area contributed by atoms with Gasteiger partial charge in [0.1, 0.15) is 5.82 Å². The second-order valence-electron chi connectivity index (χ2n) is 7.30. The van der Waals surface area contributed by atoms with Crippen molar-refractivity contribution in [3.63, 3.8) is 0 Å². The predicted molar refractivity (Wildman–Crippen MR) is 101 cm³/mol. The van der Waals surface area contributed by atoms with E-state index in [-0.39, 0.29) is 11.9 Å². The molecule has 9 heteroatoms. The molecule has 9 nitrogen and oxygen atoms in total. The average Bonchev–Trinajstić information content (AvgIpc) is 2.63. The molecule has 0 saturated carbocycles. The van der Waals surface area contributed by atoms with Crippen LogP contribution < -0.4 is 10.6 Å². The van der Waals surface area contributed by atoms with Gasteiger partial charge in [-0.25, -0.2) is 0 Å². The Balaban J connectivity index is 1.47. The molecule has 0 atom stereocenters. The summed E-state index contributed by atoms with van der Waals surface area (Å²) < 4.78 is 0. The second kappa shape index (κ2) is 8.59. The first-order valence-electron chi connectivity index (χ1n) is 9.41. The topological polar surface area (TPSA) is 94.7 Å². The monoisotopic (exact) mass is 362 g/mol. The fraction of sp³-hybridized carbons (Fsp3) is 0.765. The third kappa shape index (κ3) is 5.01. The van der Waals surface area contributed by atoms with Crippen molar-refractivity contribution >= 4 is 17.8 Å². The summed E-state index contributed by atoms with van der Waals surface area (Å²) in [7, 11) is 3.77. The molecule has 0 radical (unpaired) electrons. The van der Waals surface area contributed by atoms with Crippen LogP contribution in [-0.2, 0) is 11.3 Å². The van der Waals surface area contributed by atoms with E-state index in [2.05, 4.69) is 24.8 Å². The molecule has 3 rings (SSSR count). The van der Waals surface area contributed by atoms with Crippen molar-refractivity contribution in [2.75, 3.05) is 70.5 Å². The van der Waals surface area contributed by atoms with Crippen molar-refractivity contribution in [1.29, 1.82) is 0 Å². The minimum atomic E-state index is 0.254. The van der Waals surface area contributed by atoms with Gasteiger partial charge in [-0.05, 0) is 19.3 Å². The number of piperidine rings is 1. The summed E-state index contributed by atoms with van der Waals surface area (Å²) in [5.74, 6) is 1.81. The fourth-order valence-corrected chi connectivity index (χ4v) is 3.44. The van der Waals surface area contributed by atoms with Gasteiger partial charge in [0.25, 0.3) is 0 Å². The third-order valence-corrected chi connectivity index (χ3v) is 4.98. The number of rotatable bonds is 5. The summed E-state index contributed by atoms with van der Waals surface area (Å²) in [6.07, 6.45) is 3.53. The Kier molecular flexibility index (Phi) is 6.20. The lowest BCUT2D eigenvalue weighted by Crippen LogP contribution is -2.50. The Morgan fingerprint density at radius 1 is 0.962 bits per heavy atom. The maximum absolute atomic E-state index is 12.4. The number of nitrogens with two attached hydrogens (primary N) is 1. The lowest BCUT2D eigenvalue weighted by Gasteiger charge is -2.35. The van der Waals surface area contributed by atoms with E-state index in [1.807, 2.05) is 23.9 Å². The van der Waals surface area contributed by atoms with E-state index in [1.165, 1.54) is 6.42 Å². The highest BCUT2D eigenvalue weighted by atomic mass is 16.2. The van der Waals surface area contributed by atoms with Gasteiger partial charge in [-0.1, -0.05) is 0 Å². The van der Waals surface area contributed by atoms with Crippen LogP contribution in [0.3, 0.4) is 0 Å². The summed E-state index contributed by atoms with van der Waals surface area (Å²) in [4.78, 5) is 33.6. The molecular formula is C17H30N8O. The first-order chi connectivity index (χ1) is 12.5. The van der Waals surface area contributed by atoms with E-state index in [0.717, 1.165) is 52.1 Å². The molecule has 26 heavy (non-hydrogen) atoms. The Hall–Kier alpha value is -2.00. The zero-order chi connectivity index (χ0) is 18.5. The molecule has 3 heterocycles. The van der Waals surface area contributed by atoms with Crippen LogP contribution in [0.5, 0.6) is 0 Å². The fourth-order valence-electron chi connectivity index (χ4n) is 3.44. The summed E-state index contributed by atoms with van der Waals surface area (Å²) in [5.41, 5.74) is 5.79. The lowest BCUT2D eigenvalue weighted by molar-refractivity contribution is -0.133. The molecule has 0 unspecified atom stereocenters. The first-order valence-corrected chi connectivity index (χ1v) is 9.41. The molecule has 2 fully saturated rings. The molecule has 2 aliphatic heterocycles. The molecule has 0 aromatic carbocycles. The van der Waals surface area contributed by atoms with Gasteiger partial charge >= 0.3 is 0 Å². The van der Waals surface area contributed by atoms with Crippen LogP contribution in [0.2, 0.25) is 0 Å². The SMILES string of the molecule is CN(C)c1nc(N)nc(CN2CCN(CC(=O)N3CCCCC3)CC2)n1. The van der Waals surface area contributed by atoms with E-state index >= 15 is 0 Å². The number of aromatic nitrogens is 3. The molecular weight excluding hydrogens is 332 g/mol. The molecule has 1 aromatic heterocycles. The molecule has 1 aromatic rings. The first kappa shape index (κ1) is 18.8. The molecule has 0 aliphatic carbocycles. The van der Waals surface area contributed by atoms with E-state index in [1.54, 1.807) is 0 Å². The highest BCUT2D eigenvalue weighted by Crippen LogP contribution is 2.12. The molecule has 2 aliphatic rings. The van der Waals surface area contributed by atoms with Crippen LogP contribution in [0.4, 0.5) is 11.9 Å². The lowest BCUT2D eigenvalue weighted by atomic mass is 10.1. The van der Waals surface area contributed by atoms with Gasteiger partial charge in [0.05, 0.1) is 13.1 Å². The molecule has 1 amide bonds. The summed E-state index contributed by atoms with van der Waals surface area (Å²) >= 11 is 0. The van der Waals surface area contributed by atoms with Crippen LogP contribution in [-0.4, -0.2) is 95.5 Å². The molecule has 0 bridgehead atoms. The minimum absolute atomic E-state index is 0.254. The standard InChI is InChI=1S/C17H30N8O/c1-22(2)17-20-14(19-16(18)21-17)12-23-8-10-24(11-9-23)13-15(26)25-6-4-3-5-7-25/h3-13H2,1-2H3,(H2,18,19,20,21). The molecule has 144 valence electrons. The van der Waals surface area contributed by atoms with Crippen molar-refractivity contribution < 1.29 is 4.79 Å². The van der Waals surface area contributed by atoms with Crippen molar-refractivity contribution in [3.8, 4) is 0 Å². The van der Waals surface area contributed by atoms with Crippen LogP contribution in [0.15, 0.2) is 0 Å². The van der Waals surface area contributed by atoms with Crippen molar-refractivity contribution in [3.05, 3.63) is 5.82 Å². The maximum Gasteiger partial charge on any atom is 0.236 e. The van der Waals surface area contributed by atoms with Crippen molar-refractivity contribution in [1.82, 2.24) is 29.7 Å². The minimum Gasteiger partial charge on any atom is -0.368 e. The number of carbonyl (C=O) groups is 1. The third-order valence-electron chi connectivity index (χ3n) is 4.98. The van der Waals surface area contributed by atoms with Gasteiger partial charge in [-0.15, -0.1) is 0 Å². The Labute approximate surface area is 155 Å². The average molecular weight is 362 g/mol. The molecule has 2 saturated heterocycles. The smallest absolute Gasteiger partial charge is 0.236 e. The van der Waals surface area contributed by atoms with Gasteiger partial charge in [0, 0.05) is 53.4 Å².